The Labute approximate surface area is 208 Å². The maximum Gasteiger partial charge on any atom is 0.340 e. The minimum absolute atomic E-state index is 0.285. The highest BCUT2D eigenvalue weighted by atomic mass is 16.5. The van der Waals surface area contributed by atoms with Crippen molar-refractivity contribution >= 4 is 34.3 Å². The normalized spacial score (nSPS) is 13.6. The van der Waals surface area contributed by atoms with Crippen LogP contribution in [0, 0.1) is 0 Å². The molecule has 9 nitrogen and oxygen atoms in total. The highest BCUT2D eigenvalue weighted by molar-refractivity contribution is 6.14. The molecule has 1 saturated heterocycles. The summed E-state index contributed by atoms with van der Waals surface area (Å²) in [6.45, 7) is 5.29. The molecule has 2 aromatic carbocycles. The number of nitrogens with zero attached hydrogens (tertiary/aromatic N) is 4. The van der Waals surface area contributed by atoms with E-state index < -0.39 is 5.97 Å². The second kappa shape index (κ2) is 10.2. The van der Waals surface area contributed by atoms with E-state index in [-0.39, 0.29) is 11.5 Å². The quantitative estimate of drug-likeness (QED) is 0.412. The summed E-state index contributed by atoms with van der Waals surface area (Å²) in [6.07, 6.45) is 1.65. The molecule has 0 spiro atoms. The molecule has 9 heteroatoms. The topological polar surface area (TPSA) is 98.6 Å². The first-order valence-corrected chi connectivity index (χ1v) is 11.9. The van der Waals surface area contributed by atoms with Gasteiger partial charge in [0.2, 0.25) is 0 Å². The number of nitrogens with one attached hydrogen (secondary N) is 1. The van der Waals surface area contributed by atoms with Gasteiger partial charge in [0.1, 0.15) is 0 Å². The summed E-state index contributed by atoms with van der Waals surface area (Å²) in [6, 6.07) is 16.8. The number of pyridine rings is 1. The largest absolute Gasteiger partial charge is 0.465 e. The van der Waals surface area contributed by atoms with Gasteiger partial charge in [0.25, 0.3) is 5.91 Å². The van der Waals surface area contributed by atoms with E-state index >= 15 is 0 Å². The van der Waals surface area contributed by atoms with Crippen molar-refractivity contribution in [3.05, 3.63) is 71.9 Å². The molecule has 36 heavy (non-hydrogen) atoms. The molecule has 0 bridgehead atoms. The number of morpholine rings is 1. The summed E-state index contributed by atoms with van der Waals surface area (Å²) in [5, 5.41) is 7.97. The number of methoxy groups -OCH3 is 1. The number of carbonyl (C=O) groups is 2. The van der Waals surface area contributed by atoms with E-state index in [9.17, 15) is 9.59 Å². The van der Waals surface area contributed by atoms with Crippen LogP contribution < -0.4 is 10.2 Å². The molecule has 1 fully saturated rings. The Morgan fingerprint density at radius 3 is 2.56 bits per heavy atom. The molecule has 3 heterocycles. The van der Waals surface area contributed by atoms with E-state index in [0.29, 0.717) is 47.7 Å². The fourth-order valence-corrected chi connectivity index (χ4v) is 4.35. The molecule has 0 unspecified atom stereocenters. The van der Waals surface area contributed by atoms with Gasteiger partial charge in [0, 0.05) is 30.9 Å². The van der Waals surface area contributed by atoms with Crippen LogP contribution in [0.3, 0.4) is 0 Å². The van der Waals surface area contributed by atoms with Gasteiger partial charge in [-0.05, 0) is 31.2 Å². The van der Waals surface area contributed by atoms with Gasteiger partial charge in [-0.3, -0.25) is 4.79 Å². The van der Waals surface area contributed by atoms with Gasteiger partial charge < -0.3 is 19.7 Å². The molecule has 2 aromatic heterocycles. The van der Waals surface area contributed by atoms with E-state index in [1.165, 1.54) is 7.11 Å². The minimum atomic E-state index is -0.524. The van der Waals surface area contributed by atoms with Crippen molar-refractivity contribution in [3.63, 3.8) is 0 Å². The number of fused-ring (bicyclic) bond motifs is 1. The fourth-order valence-electron chi connectivity index (χ4n) is 4.35. The van der Waals surface area contributed by atoms with Crippen LogP contribution in [-0.2, 0) is 16.0 Å². The lowest BCUT2D eigenvalue weighted by Crippen LogP contribution is -2.36. The maximum absolute atomic E-state index is 13.6. The average molecular weight is 486 g/mol. The first-order valence-electron chi connectivity index (χ1n) is 11.9. The van der Waals surface area contributed by atoms with Gasteiger partial charge >= 0.3 is 5.97 Å². The predicted octanol–water partition coefficient (Wildman–Crippen LogP) is 3.99. The summed E-state index contributed by atoms with van der Waals surface area (Å²) in [5.74, 6) is -0.886. The minimum Gasteiger partial charge on any atom is -0.465 e. The number of hydrogen-bond donors (Lipinski definition) is 1. The van der Waals surface area contributed by atoms with Gasteiger partial charge in [0.15, 0.2) is 5.65 Å². The molecule has 0 radical (unpaired) electrons. The molecule has 1 aliphatic rings. The summed E-state index contributed by atoms with van der Waals surface area (Å²) < 4.78 is 12.2. The zero-order valence-electron chi connectivity index (χ0n) is 20.2. The molecule has 0 atom stereocenters. The maximum atomic E-state index is 13.6. The molecule has 1 amide bonds. The molecule has 1 N–H and O–H groups in total. The fraction of sp³-hybridized carbons (Fsp3) is 0.259. The van der Waals surface area contributed by atoms with Crippen molar-refractivity contribution in [1.29, 1.82) is 0 Å². The number of hydrogen-bond acceptors (Lipinski definition) is 7. The number of esters is 1. The first kappa shape index (κ1) is 23.5. The molecule has 0 saturated carbocycles. The van der Waals surface area contributed by atoms with E-state index in [4.69, 9.17) is 14.5 Å². The molecular weight excluding hydrogens is 458 g/mol. The number of carbonyl (C=O) groups excluding carboxylic acids is 2. The van der Waals surface area contributed by atoms with E-state index in [1.807, 2.05) is 43.3 Å². The predicted molar refractivity (Wildman–Crippen MR) is 137 cm³/mol. The van der Waals surface area contributed by atoms with Crippen LogP contribution in [0.1, 0.15) is 27.6 Å². The standard InChI is InChI=1S/C27H27N5O4/c1-3-32-25-22(17-28-32)20(16-24(29-25)18-7-5-4-6-8-18)26(33)30-23-10-9-19(15-21(23)27(34)35-2)31-11-13-36-14-12-31/h4-10,15-17H,3,11-14H2,1-2H3,(H,30,33). The number of benzene rings is 2. The summed E-state index contributed by atoms with van der Waals surface area (Å²) in [4.78, 5) is 33.2. The third-order valence-electron chi connectivity index (χ3n) is 6.26. The van der Waals surface area contributed by atoms with Gasteiger partial charge in [-0.2, -0.15) is 5.10 Å². The lowest BCUT2D eigenvalue weighted by atomic mass is 10.1. The van der Waals surface area contributed by atoms with Gasteiger partial charge in [0.05, 0.1) is 54.4 Å². The highest BCUT2D eigenvalue weighted by Crippen LogP contribution is 2.28. The third-order valence-corrected chi connectivity index (χ3v) is 6.26. The molecule has 0 aliphatic carbocycles. The molecule has 184 valence electrons. The van der Waals surface area contributed by atoms with E-state index in [1.54, 1.807) is 29.1 Å². The second-order valence-corrected chi connectivity index (χ2v) is 8.39. The van der Waals surface area contributed by atoms with Crippen molar-refractivity contribution in [2.24, 2.45) is 0 Å². The Kier molecular flexibility index (Phi) is 6.64. The number of ether oxygens (including phenoxy) is 2. The van der Waals surface area contributed by atoms with Crippen LogP contribution in [0.5, 0.6) is 0 Å². The highest BCUT2D eigenvalue weighted by Gasteiger charge is 2.22. The Morgan fingerprint density at radius 1 is 1.06 bits per heavy atom. The summed E-state index contributed by atoms with van der Waals surface area (Å²) in [5.41, 5.74) is 4.14. The number of rotatable bonds is 6. The van der Waals surface area contributed by atoms with Gasteiger partial charge in [-0.1, -0.05) is 30.3 Å². The Morgan fingerprint density at radius 2 is 1.83 bits per heavy atom. The Bertz CT molecular complexity index is 1410. The third kappa shape index (κ3) is 4.52. The summed E-state index contributed by atoms with van der Waals surface area (Å²) >= 11 is 0. The number of anilines is 2. The zero-order chi connectivity index (χ0) is 25.1. The first-order chi connectivity index (χ1) is 17.6. The number of aromatic nitrogens is 3. The SMILES string of the molecule is CCn1ncc2c(C(=O)Nc3ccc(N4CCOCC4)cc3C(=O)OC)cc(-c3ccccc3)nc21. The average Bonchev–Trinajstić information content (AvgIpc) is 3.36. The van der Waals surface area contributed by atoms with Crippen LogP contribution in [-0.4, -0.2) is 60.1 Å². The lowest BCUT2D eigenvalue weighted by molar-refractivity contribution is 0.0602. The van der Waals surface area contributed by atoms with Crippen molar-refractivity contribution in [2.75, 3.05) is 43.6 Å². The monoisotopic (exact) mass is 485 g/mol. The van der Waals surface area contributed by atoms with Crippen molar-refractivity contribution in [2.45, 2.75) is 13.5 Å². The molecule has 1 aliphatic heterocycles. The smallest absolute Gasteiger partial charge is 0.340 e. The molecular formula is C27H27N5O4. The Balaban J connectivity index is 1.54. The molecule has 5 rings (SSSR count). The van der Waals surface area contributed by atoms with Crippen LogP contribution in [0.2, 0.25) is 0 Å². The van der Waals surface area contributed by atoms with Gasteiger partial charge in [-0.25, -0.2) is 14.5 Å². The van der Waals surface area contributed by atoms with Crippen LogP contribution in [0.4, 0.5) is 11.4 Å². The number of amides is 1. The van der Waals surface area contributed by atoms with E-state index in [0.717, 1.165) is 24.3 Å². The summed E-state index contributed by atoms with van der Waals surface area (Å²) in [7, 11) is 1.33. The zero-order valence-corrected chi connectivity index (χ0v) is 20.2. The second-order valence-electron chi connectivity index (χ2n) is 8.39. The van der Waals surface area contributed by atoms with Crippen molar-refractivity contribution in [3.8, 4) is 11.3 Å². The lowest BCUT2D eigenvalue weighted by Gasteiger charge is -2.29. The van der Waals surface area contributed by atoms with Crippen LogP contribution in [0.25, 0.3) is 22.3 Å². The van der Waals surface area contributed by atoms with Crippen LogP contribution in [0.15, 0.2) is 60.8 Å². The Hall–Kier alpha value is -4.24. The van der Waals surface area contributed by atoms with Gasteiger partial charge in [-0.15, -0.1) is 0 Å². The van der Waals surface area contributed by atoms with Crippen LogP contribution >= 0.6 is 0 Å². The van der Waals surface area contributed by atoms with Crippen molar-refractivity contribution in [1.82, 2.24) is 14.8 Å². The molecule has 4 aromatic rings. The van der Waals surface area contributed by atoms with Crippen molar-refractivity contribution < 1.29 is 19.1 Å². The number of aryl methyl sites for hydroxylation is 1. The van der Waals surface area contributed by atoms with E-state index in [2.05, 4.69) is 15.3 Å².